The van der Waals surface area contributed by atoms with Gasteiger partial charge in [-0.25, -0.2) is 4.79 Å². The molecule has 21 heavy (non-hydrogen) atoms. The maximum atomic E-state index is 12.1. The number of H-pyrrole nitrogens is 1. The molecule has 2 atom stereocenters. The van der Waals surface area contributed by atoms with Crippen LogP contribution in [0, 0.1) is 0 Å². The molecule has 114 valence electrons. The topological polar surface area (TPSA) is 133 Å². The summed E-state index contributed by atoms with van der Waals surface area (Å²) in [6.45, 7) is 4.75. The maximum Gasteiger partial charge on any atom is 0.325 e. The fourth-order valence-electron chi connectivity index (χ4n) is 1.98. The molecule has 3 N–H and O–H groups in total. The SMILES string of the molecule is CCC1(C)NC(=O)N(CC(=O)NC(C)c2nn[nH]n2)C1=O. The molecule has 1 aromatic heterocycles. The van der Waals surface area contributed by atoms with Crippen molar-refractivity contribution in [3.05, 3.63) is 5.82 Å². The van der Waals surface area contributed by atoms with Crippen LogP contribution in [-0.2, 0) is 9.59 Å². The predicted octanol–water partition coefficient (Wildman–Crippen LogP) is -0.903. The number of aromatic amines is 1. The van der Waals surface area contributed by atoms with Crippen LogP contribution in [0.2, 0.25) is 0 Å². The molecule has 4 amide bonds. The van der Waals surface area contributed by atoms with E-state index in [0.717, 1.165) is 4.90 Å². The molecule has 2 unspecified atom stereocenters. The van der Waals surface area contributed by atoms with Gasteiger partial charge in [-0.2, -0.15) is 5.21 Å². The smallest absolute Gasteiger partial charge is 0.325 e. The molecule has 1 fully saturated rings. The van der Waals surface area contributed by atoms with Gasteiger partial charge in [-0.05, 0) is 20.3 Å². The summed E-state index contributed by atoms with van der Waals surface area (Å²) in [4.78, 5) is 36.8. The quantitative estimate of drug-likeness (QED) is 0.603. The van der Waals surface area contributed by atoms with Gasteiger partial charge in [-0.1, -0.05) is 12.1 Å². The predicted molar refractivity (Wildman–Crippen MR) is 69.7 cm³/mol. The molecular weight excluding hydrogens is 278 g/mol. The highest BCUT2D eigenvalue weighted by molar-refractivity contribution is 6.08. The van der Waals surface area contributed by atoms with Gasteiger partial charge in [-0.3, -0.25) is 14.5 Å². The van der Waals surface area contributed by atoms with Gasteiger partial charge in [0.05, 0.1) is 6.04 Å². The zero-order valence-corrected chi connectivity index (χ0v) is 12.0. The number of nitrogens with zero attached hydrogens (tertiary/aromatic N) is 4. The lowest BCUT2D eigenvalue weighted by atomic mass is 9.99. The van der Waals surface area contributed by atoms with E-state index in [-0.39, 0.29) is 6.54 Å². The van der Waals surface area contributed by atoms with E-state index in [1.165, 1.54) is 0 Å². The van der Waals surface area contributed by atoms with Crippen molar-refractivity contribution in [3.63, 3.8) is 0 Å². The first-order chi connectivity index (χ1) is 9.87. The van der Waals surface area contributed by atoms with Crippen LogP contribution in [0.15, 0.2) is 0 Å². The van der Waals surface area contributed by atoms with Gasteiger partial charge in [-0.15, -0.1) is 10.2 Å². The Labute approximate surface area is 120 Å². The standard InChI is InChI=1S/C11H17N7O3/c1-4-11(3)9(20)18(10(21)13-11)5-7(19)12-6(2)8-14-16-17-15-8/h6H,4-5H2,1-3H3,(H,12,19)(H,13,21)(H,14,15,16,17). The van der Waals surface area contributed by atoms with Crippen molar-refractivity contribution in [1.82, 2.24) is 36.2 Å². The van der Waals surface area contributed by atoms with Crippen molar-refractivity contribution in [1.29, 1.82) is 0 Å². The van der Waals surface area contributed by atoms with Crippen LogP contribution < -0.4 is 10.6 Å². The maximum absolute atomic E-state index is 12.1. The summed E-state index contributed by atoms with van der Waals surface area (Å²) in [6, 6.07) is -1.04. The van der Waals surface area contributed by atoms with Crippen molar-refractivity contribution in [2.45, 2.75) is 38.8 Å². The molecule has 0 saturated carbocycles. The lowest BCUT2D eigenvalue weighted by molar-refractivity contribution is -0.134. The van der Waals surface area contributed by atoms with Gasteiger partial charge in [0, 0.05) is 0 Å². The first-order valence-electron chi connectivity index (χ1n) is 6.54. The molecule has 1 aliphatic rings. The van der Waals surface area contributed by atoms with E-state index in [1.807, 2.05) is 0 Å². The van der Waals surface area contributed by atoms with Crippen LogP contribution in [0.4, 0.5) is 4.79 Å². The summed E-state index contributed by atoms with van der Waals surface area (Å²) < 4.78 is 0. The Bertz CT molecular complexity index is 558. The minimum absolute atomic E-state index is 0.318. The van der Waals surface area contributed by atoms with Crippen LogP contribution in [0.1, 0.15) is 39.1 Å². The molecule has 0 radical (unpaired) electrons. The summed E-state index contributed by atoms with van der Waals surface area (Å²) in [5.41, 5.74) is -0.948. The number of hydrogen-bond donors (Lipinski definition) is 3. The number of urea groups is 1. The molecule has 1 saturated heterocycles. The number of aromatic nitrogens is 4. The van der Waals surface area contributed by atoms with E-state index in [9.17, 15) is 14.4 Å². The van der Waals surface area contributed by atoms with Crippen molar-refractivity contribution in [2.24, 2.45) is 0 Å². The van der Waals surface area contributed by atoms with Crippen LogP contribution in [-0.4, -0.2) is 55.5 Å². The van der Waals surface area contributed by atoms with Gasteiger partial charge in [0.25, 0.3) is 5.91 Å². The Hall–Kier alpha value is -2.52. The molecule has 1 aliphatic heterocycles. The lowest BCUT2D eigenvalue weighted by Crippen LogP contribution is -2.45. The third-order valence-electron chi connectivity index (χ3n) is 3.48. The van der Waals surface area contributed by atoms with Crippen LogP contribution in [0.25, 0.3) is 0 Å². The molecule has 2 rings (SSSR count). The van der Waals surface area contributed by atoms with E-state index in [2.05, 4.69) is 31.3 Å². The molecule has 10 nitrogen and oxygen atoms in total. The molecule has 2 heterocycles. The Morgan fingerprint density at radius 3 is 2.71 bits per heavy atom. The van der Waals surface area contributed by atoms with Gasteiger partial charge in [0.1, 0.15) is 12.1 Å². The molecule has 10 heteroatoms. The minimum Gasteiger partial charge on any atom is -0.345 e. The normalized spacial score (nSPS) is 23.1. The third kappa shape index (κ3) is 2.83. The summed E-state index contributed by atoms with van der Waals surface area (Å²) >= 11 is 0. The lowest BCUT2D eigenvalue weighted by Gasteiger charge is -2.19. The summed E-state index contributed by atoms with van der Waals surface area (Å²) in [5.74, 6) is -0.563. The van der Waals surface area contributed by atoms with E-state index >= 15 is 0 Å². The van der Waals surface area contributed by atoms with Gasteiger partial charge in [0.15, 0.2) is 5.82 Å². The number of carbonyl (C=O) groups excluding carboxylic acids is 3. The molecule has 0 spiro atoms. The van der Waals surface area contributed by atoms with Crippen LogP contribution in [0.3, 0.4) is 0 Å². The first-order valence-corrected chi connectivity index (χ1v) is 6.54. The summed E-state index contributed by atoms with van der Waals surface area (Å²) in [6.07, 6.45) is 0.453. The van der Waals surface area contributed by atoms with Crippen molar-refractivity contribution in [3.8, 4) is 0 Å². The van der Waals surface area contributed by atoms with Gasteiger partial charge < -0.3 is 10.6 Å². The number of carbonyl (C=O) groups is 3. The number of amides is 4. The van der Waals surface area contributed by atoms with Crippen molar-refractivity contribution in [2.75, 3.05) is 6.54 Å². The monoisotopic (exact) mass is 295 g/mol. The first kappa shape index (κ1) is 14.9. The van der Waals surface area contributed by atoms with E-state index in [4.69, 9.17) is 0 Å². The Morgan fingerprint density at radius 1 is 1.48 bits per heavy atom. The molecule has 0 aromatic carbocycles. The largest absolute Gasteiger partial charge is 0.345 e. The Morgan fingerprint density at radius 2 is 2.19 bits per heavy atom. The zero-order chi connectivity index (χ0) is 15.6. The number of imide groups is 1. The second-order valence-corrected chi connectivity index (χ2v) is 5.07. The molecule has 1 aromatic rings. The average Bonchev–Trinajstić information content (AvgIpc) is 3.03. The van der Waals surface area contributed by atoms with Gasteiger partial charge >= 0.3 is 6.03 Å². The molecule has 0 bridgehead atoms. The summed E-state index contributed by atoms with van der Waals surface area (Å²) in [5, 5.41) is 18.3. The number of nitrogens with one attached hydrogen (secondary N) is 3. The Kier molecular flexibility index (Phi) is 3.87. The third-order valence-corrected chi connectivity index (χ3v) is 3.48. The fraction of sp³-hybridized carbons (Fsp3) is 0.636. The van der Waals surface area contributed by atoms with E-state index in [0.29, 0.717) is 12.2 Å². The van der Waals surface area contributed by atoms with Crippen LogP contribution >= 0.6 is 0 Å². The minimum atomic E-state index is -0.948. The molecule has 0 aliphatic carbocycles. The number of tetrazole rings is 1. The second kappa shape index (κ2) is 5.46. The highest BCUT2D eigenvalue weighted by Gasteiger charge is 2.47. The number of hydrogen-bond acceptors (Lipinski definition) is 6. The van der Waals surface area contributed by atoms with Gasteiger partial charge in [0.2, 0.25) is 5.91 Å². The van der Waals surface area contributed by atoms with Crippen molar-refractivity contribution < 1.29 is 14.4 Å². The molecular formula is C11H17N7O3. The van der Waals surface area contributed by atoms with Crippen molar-refractivity contribution >= 4 is 17.8 Å². The highest BCUT2D eigenvalue weighted by atomic mass is 16.2. The van der Waals surface area contributed by atoms with E-state index in [1.54, 1.807) is 20.8 Å². The zero-order valence-electron chi connectivity index (χ0n) is 12.0. The second-order valence-electron chi connectivity index (χ2n) is 5.07. The Balaban J connectivity index is 1.97. The van der Waals surface area contributed by atoms with Crippen LogP contribution in [0.5, 0.6) is 0 Å². The fourth-order valence-corrected chi connectivity index (χ4v) is 1.98. The number of rotatable bonds is 5. The summed E-state index contributed by atoms with van der Waals surface area (Å²) in [7, 11) is 0. The highest BCUT2D eigenvalue weighted by Crippen LogP contribution is 2.20. The average molecular weight is 295 g/mol. The van der Waals surface area contributed by atoms with E-state index < -0.39 is 29.4 Å².